The zero-order valence-electron chi connectivity index (χ0n) is 18.1. The van der Waals surface area contributed by atoms with Crippen LogP contribution >= 0.6 is 11.6 Å². The van der Waals surface area contributed by atoms with Crippen LogP contribution in [-0.2, 0) is 14.8 Å². The Hall–Kier alpha value is -2.45. The van der Waals surface area contributed by atoms with Gasteiger partial charge in [0.2, 0.25) is 10.0 Å². The Morgan fingerprint density at radius 2 is 1.94 bits per heavy atom. The summed E-state index contributed by atoms with van der Waals surface area (Å²) < 4.78 is 64.7. The average Bonchev–Trinajstić information content (AvgIpc) is 3.14. The van der Waals surface area contributed by atoms with Crippen molar-refractivity contribution in [3.63, 3.8) is 0 Å². The van der Waals surface area contributed by atoms with Crippen molar-refractivity contribution in [1.82, 2.24) is 19.8 Å². The van der Waals surface area contributed by atoms with Crippen LogP contribution in [0, 0.1) is 0 Å². The molecule has 0 bridgehead atoms. The number of aromatic amines is 1. The number of allylic oxidation sites excluding steroid dienone is 1. The number of nitrogens with one attached hydrogen (secondary N) is 3. The van der Waals surface area contributed by atoms with Crippen molar-refractivity contribution in [2.45, 2.75) is 38.9 Å². The number of carbonyl (C=O) groups is 2. The van der Waals surface area contributed by atoms with Gasteiger partial charge in [0.25, 0.3) is 11.8 Å². The SMILES string of the molecule is CC/N=C(\C(C(=O)Nc1c[nH]nc1C(=O)NC1CCN(S(C)(=O)=O)CC1)=C(/C)Cl)C(F)(F)F. The zero-order chi connectivity index (χ0) is 25.0. The zero-order valence-corrected chi connectivity index (χ0v) is 19.7. The molecule has 1 aromatic rings. The van der Waals surface area contributed by atoms with Gasteiger partial charge in [-0.25, -0.2) is 12.7 Å². The van der Waals surface area contributed by atoms with E-state index in [4.69, 9.17) is 11.6 Å². The molecule has 0 aliphatic carbocycles. The maximum absolute atomic E-state index is 13.4. The molecule has 33 heavy (non-hydrogen) atoms. The first-order chi connectivity index (χ1) is 15.3. The van der Waals surface area contributed by atoms with E-state index in [2.05, 4.69) is 25.8 Å². The van der Waals surface area contributed by atoms with Crippen molar-refractivity contribution in [3.8, 4) is 0 Å². The van der Waals surface area contributed by atoms with Gasteiger partial charge < -0.3 is 10.6 Å². The maximum atomic E-state index is 13.4. The molecule has 3 N–H and O–H groups in total. The van der Waals surface area contributed by atoms with E-state index in [-0.39, 0.29) is 37.1 Å². The van der Waals surface area contributed by atoms with E-state index in [1.807, 2.05) is 0 Å². The highest BCUT2D eigenvalue weighted by atomic mass is 35.5. The molecule has 0 saturated carbocycles. The highest BCUT2D eigenvalue weighted by Gasteiger charge is 2.41. The van der Waals surface area contributed by atoms with Crippen LogP contribution in [-0.4, -0.2) is 78.6 Å². The second-order valence-electron chi connectivity index (χ2n) is 7.24. The van der Waals surface area contributed by atoms with Crippen LogP contribution in [0.3, 0.4) is 0 Å². The molecule has 184 valence electrons. The van der Waals surface area contributed by atoms with Crippen LogP contribution in [0.4, 0.5) is 18.9 Å². The molecule has 2 amide bonds. The molecule has 0 unspecified atom stereocenters. The van der Waals surface area contributed by atoms with Crippen LogP contribution < -0.4 is 10.6 Å². The maximum Gasteiger partial charge on any atom is 0.433 e. The standard InChI is InChI=1S/C18H24ClF3N6O4S/c1-4-23-15(18(20,21)22)13(10(2)19)16(29)26-12-9-24-27-14(12)17(30)25-11-5-7-28(8-6-11)33(3,31)32/h9,11H,4-8H2,1-3H3,(H,24,27)(H,25,30)(H,26,29)/b13-10-,23-15+. The van der Waals surface area contributed by atoms with Gasteiger partial charge in [-0.3, -0.25) is 19.7 Å². The van der Waals surface area contributed by atoms with Gasteiger partial charge in [-0.15, -0.1) is 0 Å². The van der Waals surface area contributed by atoms with Crippen molar-refractivity contribution >= 4 is 44.8 Å². The molecule has 0 aromatic carbocycles. The largest absolute Gasteiger partial charge is 0.433 e. The van der Waals surface area contributed by atoms with Gasteiger partial charge in [0.15, 0.2) is 11.4 Å². The minimum Gasteiger partial charge on any atom is -0.348 e. The van der Waals surface area contributed by atoms with Crippen molar-refractivity contribution in [2.24, 2.45) is 4.99 Å². The van der Waals surface area contributed by atoms with Crippen molar-refractivity contribution in [3.05, 3.63) is 22.5 Å². The Kier molecular flexibility index (Phi) is 8.65. The second-order valence-corrected chi connectivity index (χ2v) is 9.79. The lowest BCUT2D eigenvalue weighted by Crippen LogP contribution is -2.46. The highest BCUT2D eigenvalue weighted by molar-refractivity contribution is 7.88. The summed E-state index contributed by atoms with van der Waals surface area (Å²) in [7, 11) is -3.33. The molecule has 1 saturated heterocycles. The fourth-order valence-corrected chi connectivity index (χ4v) is 4.27. The van der Waals surface area contributed by atoms with Crippen LogP contribution in [0.5, 0.6) is 0 Å². The van der Waals surface area contributed by atoms with Gasteiger partial charge in [0.05, 0.1) is 17.5 Å². The summed E-state index contributed by atoms with van der Waals surface area (Å²) >= 11 is 5.78. The minimum absolute atomic E-state index is 0.153. The summed E-state index contributed by atoms with van der Waals surface area (Å²) in [5.74, 6) is -1.89. The van der Waals surface area contributed by atoms with E-state index in [1.54, 1.807) is 0 Å². The lowest BCUT2D eigenvalue weighted by molar-refractivity contribution is -0.113. The smallest absolute Gasteiger partial charge is 0.348 e. The summed E-state index contributed by atoms with van der Waals surface area (Å²) in [6.07, 6.45) is -1.94. The Bertz CT molecular complexity index is 1060. The molecule has 15 heteroatoms. The summed E-state index contributed by atoms with van der Waals surface area (Å²) in [6, 6.07) is -0.343. The number of amides is 2. The predicted molar refractivity (Wildman–Crippen MR) is 117 cm³/mol. The molecule has 1 aromatic heterocycles. The van der Waals surface area contributed by atoms with Crippen LogP contribution in [0.1, 0.15) is 37.2 Å². The number of halogens is 4. The lowest BCUT2D eigenvalue weighted by Gasteiger charge is -2.30. The first kappa shape index (κ1) is 26.8. The molecular formula is C18H24ClF3N6O4S. The average molecular weight is 513 g/mol. The molecular weight excluding hydrogens is 489 g/mol. The van der Waals surface area contributed by atoms with Gasteiger partial charge in [-0.2, -0.15) is 18.3 Å². The fraction of sp³-hybridized carbons (Fsp3) is 0.556. The Labute approximate surface area is 193 Å². The van der Waals surface area contributed by atoms with Gasteiger partial charge in [0, 0.05) is 36.9 Å². The van der Waals surface area contributed by atoms with E-state index in [1.165, 1.54) is 11.2 Å². The fourth-order valence-electron chi connectivity index (χ4n) is 3.22. The number of nitrogens with zero attached hydrogens (tertiary/aromatic N) is 3. The number of carbonyl (C=O) groups excluding carboxylic acids is 2. The minimum atomic E-state index is -4.92. The van der Waals surface area contributed by atoms with Gasteiger partial charge in [0.1, 0.15) is 0 Å². The van der Waals surface area contributed by atoms with Crippen LogP contribution in [0.15, 0.2) is 21.8 Å². The number of hydrogen-bond donors (Lipinski definition) is 3. The quantitative estimate of drug-likeness (QED) is 0.379. The van der Waals surface area contributed by atoms with Gasteiger partial charge in [-0.1, -0.05) is 11.6 Å². The summed E-state index contributed by atoms with van der Waals surface area (Å²) in [5.41, 5.74) is -2.70. The third kappa shape index (κ3) is 7.01. The number of rotatable bonds is 7. The van der Waals surface area contributed by atoms with Crippen LogP contribution in [0.2, 0.25) is 0 Å². The molecule has 1 aliphatic rings. The number of hydrogen-bond acceptors (Lipinski definition) is 6. The molecule has 0 radical (unpaired) electrons. The predicted octanol–water partition coefficient (Wildman–Crippen LogP) is 2.04. The van der Waals surface area contributed by atoms with Gasteiger partial charge >= 0.3 is 6.18 Å². The molecule has 10 nitrogen and oxygen atoms in total. The molecule has 1 fully saturated rings. The molecule has 2 heterocycles. The normalized spacial score (nSPS) is 17.5. The number of anilines is 1. The number of sulfonamides is 1. The van der Waals surface area contributed by atoms with Crippen molar-refractivity contribution < 1.29 is 31.2 Å². The topological polar surface area (TPSA) is 137 Å². The third-order valence-electron chi connectivity index (χ3n) is 4.75. The van der Waals surface area contributed by atoms with Crippen LogP contribution in [0.25, 0.3) is 0 Å². The van der Waals surface area contributed by atoms with Crippen molar-refractivity contribution in [1.29, 1.82) is 0 Å². The first-order valence-electron chi connectivity index (χ1n) is 9.85. The summed E-state index contributed by atoms with van der Waals surface area (Å²) in [4.78, 5) is 28.6. The Morgan fingerprint density at radius 3 is 2.42 bits per heavy atom. The van der Waals surface area contributed by atoms with Gasteiger partial charge in [-0.05, 0) is 26.7 Å². The summed E-state index contributed by atoms with van der Waals surface area (Å²) in [5, 5.41) is 10.6. The Morgan fingerprint density at radius 1 is 1.33 bits per heavy atom. The second kappa shape index (κ2) is 10.7. The lowest BCUT2D eigenvalue weighted by atomic mass is 10.1. The van der Waals surface area contributed by atoms with E-state index >= 15 is 0 Å². The monoisotopic (exact) mass is 512 g/mol. The molecule has 0 spiro atoms. The number of H-pyrrole nitrogens is 1. The summed E-state index contributed by atoms with van der Waals surface area (Å²) in [6.45, 7) is 2.73. The highest BCUT2D eigenvalue weighted by Crippen LogP contribution is 2.27. The first-order valence-corrected chi connectivity index (χ1v) is 12.1. The van der Waals surface area contributed by atoms with E-state index < -0.39 is 44.3 Å². The number of piperidine rings is 1. The third-order valence-corrected chi connectivity index (χ3v) is 6.25. The number of aromatic nitrogens is 2. The number of aliphatic imine (C=N–C) groups is 1. The van der Waals surface area contributed by atoms with Crippen molar-refractivity contribution in [2.75, 3.05) is 31.2 Å². The Balaban J connectivity index is 2.15. The molecule has 1 aliphatic heterocycles. The van der Waals surface area contributed by atoms with E-state index in [9.17, 15) is 31.2 Å². The number of alkyl halides is 3. The van der Waals surface area contributed by atoms with E-state index in [0.717, 1.165) is 19.4 Å². The van der Waals surface area contributed by atoms with E-state index in [0.29, 0.717) is 12.8 Å². The molecule has 0 atom stereocenters. The molecule has 2 rings (SSSR count).